The van der Waals surface area contributed by atoms with Gasteiger partial charge in [0.1, 0.15) is 0 Å². The summed E-state index contributed by atoms with van der Waals surface area (Å²) < 4.78 is 27.5. The Morgan fingerprint density at radius 1 is 1.32 bits per heavy atom. The molecule has 1 atom stereocenters. The third-order valence-corrected chi connectivity index (χ3v) is 4.73. The highest BCUT2D eigenvalue weighted by molar-refractivity contribution is 7.89. The molecule has 1 aromatic rings. The fraction of sp³-hybridized carbons (Fsp3) is 0.571. The Balaban J connectivity index is 3.01. The molecule has 1 unspecified atom stereocenters. The summed E-state index contributed by atoms with van der Waals surface area (Å²) in [5, 5.41) is 0. The van der Waals surface area contributed by atoms with Crippen LogP contribution in [0, 0.1) is 12.3 Å². The highest BCUT2D eigenvalue weighted by Gasteiger charge is 2.29. The summed E-state index contributed by atoms with van der Waals surface area (Å²) in [7, 11) is -3.50. The minimum Gasteiger partial charge on any atom is -0.208 e. The molecule has 1 rings (SSSR count). The lowest BCUT2D eigenvalue weighted by Crippen LogP contribution is -2.43. The molecule has 0 fully saturated rings. The molecule has 0 aliphatic carbocycles. The van der Waals surface area contributed by atoms with Gasteiger partial charge in [-0.3, -0.25) is 0 Å². The molecule has 1 N–H and O–H groups in total. The quantitative estimate of drug-likeness (QED) is 0.848. The number of aryl methyl sites for hydroxylation is 1. The van der Waals surface area contributed by atoms with E-state index in [2.05, 4.69) is 4.72 Å². The van der Waals surface area contributed by atoms with Crippen molar-refractivity contribution in [3.8, 4) is 0 Å². The summed E-state index contributed by atoms with van der Waals surface area (Å²) in [6, 6.07) is 6.71. The molecule has 0 spiro atoms. The number of alkyl halides is 1. The molecular formula is C14H22ClNO2S. The van der Waals surface area contributed by atoms with Crippen molar-refractivity contribution in [1.82, 2.24) is 4.72 Å². The number of sulfonamides is 1. The Morgan fingerprint density at radius 2 is 1.95 bits per heavy atom. The van der Waals surface area contributed by atoms with Crippen molar-refractivity contribution in [2.24, 2.45) is 5.41 Å². The average Bonchev–Trinajstić information content (AvgIpc) is 2.27. The lowest BCUT2D eigenvalue weighted by Gasteiger charge is -2.30. The van der Waals surface area contributed by atoms with Gasteiger partial charge in [0.25, 0.3) is 0 Å². The van der Waals surface area contributed by atoms with Crippen LogP contribution in [0.4, 0.5) is 0 Å². The van der Waals surface area contributed by atoms with E-state index in [1.165, 1.54) is 0 Å². The first-order valence-electron chi connectivity index (χ1n) is 6.32. The molecule has 0 saturated heterocycles. The van der Waals surface area contributed by atoms with E-state index in [9.17, 15) is 8.42 Å². The van der Waals surface area contributed by atoms with Gasteiger partial charge in [-0.25, -0.2) is 13.1 Å². The fourth-order valence-corrected chi connectivity index (χ4v) is 3.61. The van der Waals surface area contributed by atoms with Gasteiger partial charge >= 0.3 is 0 Å². The second-order valence-corrected chi connectivity index (χ2v) is 7.93. The van der Waals surface area contributed by atoms with Gasteiger partial charge in [-0.15, -0.1) is 11.6 Å². The van der Waals surface area contributed by atoms with Gasteiger partial charge < -0.3 is 0 Å². The molecule has 0 saturated carbocycles. The maximum absolute atomic E-state index is 12.4. The average molecular weight is 304 g/mol. The van der Waals surface area contributed by atoms with Gasteiger partial charge in [-0.2, -0.15) is 0 Å². The van der Waals surface area contributed by atoms with Crippen molar-refractivity contribution in [3.05, 3.63) is 29.8 Å². The predicted octanol–water partition coefficient (Wildman–Crippen LogP) is 3.32. The van der Waals surface area contributed by atoms with Crippen LogP contribution >= 0.6 is 11.6 Å². The molecule has 0 aliphatic rings. The lowest BCUT2D eigenvalue weighted by atomic mass is 9.86. The lowest BCUT2D eigenvalue weighted by molar-refractivity contribution is 0.292. The fourth-order valence-electron chi connectivity index (χ4n) is 1.82. The van der Waals surface area contributed by atoms with E-state index < -0.39 is 10.0 Å². The minimum atomic E-state index is -3.50. The van der Waals surface area contributed by atoms with Crippen molar-refractivity contribution in [1.29, 1.82) is 0 Å². The van der Waals surface area contributed by atoms with Crippen LogP contribution in [0.3, 0.4) is 0 Å². The third kappa shape index (κ3) is 4.79. The zero-order chi connectivity index (χ0) is 14.7. The maximum atomic E-state index is 12.4. The Hall–Kier alpha value is -0.580. The number of benzene rings is 1. The second-order valence-electron chi connectivity index (χ2n) is 5.83. The smallest absolute Gasteiger partial charge is 0.208 e. The van der Waals surface area contributed by atoms with E-state index >= 15 is 0 Å². The topological polar surface area (TPSA) is 46.2 Å². The molecule has 0 bridgehead atoms. The SMILES string of the molecule is Cc1cccc(S(=O)(=O)NC(CCCl)C(C)(C)C)c1. The Kier molecular flexibility index (Phi) is 5.42. The normalized spacial score (nSPS) is 14.4. The number of nitrogens with one attached hydrogen (secondary N) is 1. The first-order valence-corrected chi connectivity index (χ1v) is 8.33. The molecular weight excluding hydrogens is 282 g/mol. The first kappa shape index (κ1) is 16.5. The molecule has 108 valence electrons. The van der Waals surface area contributed by atoms with Gasteiger partial charge in [0, 0.05) is 11.9 Å². The number of hydrogen-bond acceptors (Lipinski definition) is 2. The van der Waals surface area contributed by atoms with E-state index in [-0.39, 0.29) is 11.5 Å². The minimum absolute atomic E-state index is 0.175. The highest BCUT2D eigenvalue weighted by Crippen LogP contribution is 2.24. The molecule has 0 radical (unpaired) electrons. The van der Waals surface area contributed by atoms with Crippen LogP contribution in [0.5, 0.6) is 0 Å². The van der Waals surface area contributed by atoms with E-state index in [1.807, 2.05) is 33.8 Å². The molecule has 0 aromatic heterocycles. The zero-order valence-electron chi connectivity index (χ0n) is 11.9. The summed E-state index contributed by atoms with van der Waals surface area (Å²) in [5.74, 6) is 0.429. The summed E-state index contributed by atoms with van der Waals surface area (Å²) in [5.41, 5.74) is 0.749. The standard InChI is InChI=1S/C14H22ClNO2S/c1-11-6-5-7-12(10-11)19(17,18)16-13(8-9-15)14(2,3)4/h5-7,10,13,16H,8-9H2,1-4H3. The van der Waals surface area contributed by atoms with Crippen LogP contribution in [0.15, 0.2) is 29.2 Å². The molecule has 0 amide bonds. The van der Waals surface area contributed by atoms with Crippen LogP contribution in [-0.4, -0.2) is 20.3 Å². The van der Waals surface area contributed by atoms with Crippen LogP contribution in [0.25, 0.3) is 0 Å². The first-order chi connectivity index (χ1) is 8.66. The number of halogens is 1. The van der Waals surface area contributed by atoms with Gasteiger partial charge in [0.05, 0.1) is 4.90 Å². The van der Waals surface area contributed by atoms with Gasteiger partial charge in [-0.05, 0) is 36.5 Å². The molecule has 19 heavy (non-hydrogen) atoms. The molecule has 1 aromatic carbocycles. The molecule has 0 aliphatic heterocycles. The van der Waals surface area contributed by atoms with E-state index in [1.54, 1.807) is 18.2 Å². The Morgan fingerprint density at radius 3 is 2.42 bits per heavy atom. The van der Waals surface area contributed by atoms with Gasteiger partial charge in [-0.1, -0.05) is 32.9 Å². The summed E-state index contributed by atoms with van der Waals surface area (Å²) in [6.45, 7) is 7.88. The zero-order valence-corrected chi connectivity index (χ0v) is 13.5. The largest absolute Gasteiger partial charge is 0.240 e. The van der Waals surface area contributed by atoms with Crippen molar-refractivity contribution in [2.45, 2.75) is 45.1 Å². The molecule has 3 nitrogen and oxygen atoms in total. The predicted molar refractivity (Wildman–Crippen MR) is 80.1 cm³/mol. The number of hydrogen-bond donors (Lipinski definition) is 1. The van der Waals surface area contributed by atoms with Crippen molar-refractivity contribution in [2.75, 3.05) is 5.88 Å². The highest BCUT2D eigenvalue weighted by atomic mass is 35.5. The number of rotatable bonds is 5. The second kappa shape index (κ2) is 6.25. The van der Waals surface area contributed by atoms with Crippen LogP contribution in [0.1, 0.15) is 32.8 Å². The Labute approximate surface area is 121 Å². The summed E-state index contributed by atoms with van der Waals surface area (Å²) in [6.07, 6.45) is 0.607. The van der Waals surface area contributed by atoms with Crippen LogP contribution in [-0.2, 0) is 10.0 Å². The summed E-state index contributed by atoms with van der Waals surface area (Å²) >= 11 is 5.77. The van der Waals surface area contributed by atoms with Crippen LogP contribution in [0.2, 0.25) is 0 Å². The van der Waals surface area contributed by atoms with Gasteiger partial charge in [0.15, 0.2) is 0 Å². The van der Waals surface area contributed by atoms with E-state index in [0.29, 0.717) is 17.2 Å². The maximum Gasteiger partial charge on any atom is 0.240 e. The van der Waals surface area contributed by atoms with Gasteiger partial charge in [0.2, 0.25) is 10.0 Å². The summed E-state index contributed by atoms with van der Waals surface area (Å²) in [4.78, 5) is 0.302. The third-order valence-electron chi connectivity index (χ3n) is 3.04. The molecule has 0 heterocycles. The van der Waals surface area contributed by atoms with Crippen molar-refractivity contribution in [3.63, 3.8) is 0 Å². The van der Waals surface area contributed by atoms with E-state index in [0.717, 1.165) is 5.56 Å². The molecule has 5 heteroatoms. The monoisotopic (exact) mass is 303 g/mol. The van der Waals surface area contributed by atoms with Crippen molar-refractivity contribution < 1.29 is 8.42 Å². The Bertz CT molecular complexity index is 520. The van der Waals surface area contributed by atoms with Crippen molar-refractivity contribution >= 4 is 21.6 Å². The van der Waals surface area contributed by atoms with E-state index in [4.69, 9.17) is 11.6 Å². The van der Waals surface area contributed by atoms with Crippen LogP contribution < -0.4 is 4.72 Å².